The molecule has 2 unspecified atom stereocenters. The van der Waals surface area contributed by atoms with Crippen LogP contribution in [0.2, 0.25) is 0 Å². The van der Waals surface area contributed by atoms with E-state index in [-0.39, 0.29) is 4.70 Å². The van der Waals surface area contributed by atoms with Gasteiger partial charge in [0.2, 0.25) is 0 Å². The minimum absolute atomic E-state index is 0. The predicted octanol–water partition coefficient (Wildman–Crippen LogP) is -2.28. The van der Waals surface area contributed by atoms with Crippen LogP contribution in [0.1, 0.15) is 32.6 Å². The smallest absolute Gasteiger partial charge is 0.0797 e. The minimum atomic E-state index is 0. The van der Waals surface area contributed by atoms with Crippen molar-refractivity contribution in [2.45, 2.75) is 32.6 Å². The Balaban J connectivity index is 0.000001000. The Bertz CT molecular complexity index is 93.6. The lowest BCUT2D eigenvalue weighted by atomic mass is 9.94. The first kappa shape index (κ1) is 10.9. The Morgan fingerprint density at radius 1 is 1.45 bits per heavy atom. The van der Waals surface area contributed by atoms with Gasteiger partial charge in [-0.15, -0.1) is 0 Å². The minimum Gasteiger partial charge on any atom is -1.00 e. The number of quaternary nitrogens is 1. The molecule has 11 heavy (non-hydrogen) atoms. The molecule has 0 spiro atoms. The molecular formula is C9H20FN. The lowest BCUT2D eigenvalue weighted by Gasteiger charge is -2.26. The summed E-state index contributed by atoms with van der Waals surface area (Å²) >= 11 is 0. The van der Waals surface area contributed by atoms with Gasteiger partial charge in [-0.3, -0.25) is 0 Å². The van der Waals surface area contributed by atoms with Gasteiger partial charge in [-0.1, -0.05) is 13.3 Å². The van der Waals surface area contributed by atoms with Gasteiger partial charge in [0.25, 0.3) is 0 Å². The summed E-state index contributed by atoms with van der Waals surface area (Å²) in [4.78, 5) is 1.74. The summed E-state index contributed by atoms with van der Waals surface area (Å²) in [6.45, 7) is 5.12. The van der Waals surface area contributed by atoms with Crippen molar-refractivity contribution in [3.63, 3.8) is 0 Å². The lowest BCUT2D eigenvalue weighted by molar-refractivity contribution is -0.888. The zero-order valence-corrected chi connectivity index (χ0v) is 7.70. The van der Waals surface area contributed by atoms with Crippen LogP contribution in [0.3, 0.4) is 0 Å². The standard InChI is InChI=1S/C9H19N.FH/c1-3-5-9-6-4-7-10(2)8-9;/h9H,3-8H2,1-2H3;1H. The molecule has 2 heteroatoms. The number of hydrogen-bond donors (Lipinski definition) is 1. The van der Waals surface area contributed by atoms with Gasteiger partial charge >= 0.3 is 0 Å². The van der Waals surface area contributed by atoms with Crippen LogP contribution in [-0.2, 0) is 0 Å². The van der Waals surface area contributed by atoms with E-state index in [2.05, 4.69) is 14.0 Å². The highest BCUT2D eigenvalue weighted by atomic mass is 19.0. The molecule has 1 rings (SSSR count). The van der Waals surface area contributed by atoms with Crippen LogP contribution in [0.15, 0.2) is 0 Å². The highest BCUT2D eigenvalue weighted by molar-refractivity contribution is 4.59. The van der Waals surface area contributed by atoms with Gasteiger partial charge < -0.3 is 9.60 Å². The maximum atomic E-state index is 2.32. The molecule has 2 atom stereocenters. The molecule has 0 aromatic rings. The summed E-state index contributed by atoms with van der Waals surface area (Å²) < 4.78 is 0. The van der Waals surface area contributed by atoms with Crippen LogP contribution >= 0.6 is 0 Å². The summed E-state index contributed by atoms with van der Waals surface area (Å²) in [6.07, 6.45) is 5.77. The van der Waals surface area contributed by atoms with Crippen molar-refractivity contribution in [2.75, 3.05) is 20.1 Å². The fraction of sp³-hybridized carbons (Fsp3) is 1.00. The number of piperidine rings is 1. The van der Waals surface area contributed by atoms with Gasteiger partial charge in [-0.25, -0.2) is 0 Å². The van der Waals surface area contributed by atoms with Gasteiger partial charge in [-0.05, 0) is 19.3 Å². The molecular weight excluding hydrogens is 141 g/mol. The largest absolute Gasteiger partial charge is 1.00 e. The molecule has 1 aliphatic rings. The average molecular weight is 161 g/mol. The van der Waals surface area contributed by atoms with E-state index >= 15 is 0 Å². The highest BCUT2D eigenvalue weighted by Gasteiger charge is 2.18. The quantitative estimate of drug-likeness (QED) is 0.465. The zero-order valence-electron chi connectivity index (χ0n) is 7.70. The molecule has 0 saturated carbocycles. The first-order valence-electron chi connectivity index (χ1n) is 4.64. The van der Waals surface area contributed by atoms with Crippen molar-refractivity contribution in [3.05, 3.63) is 0 Å². The van der Waals surface area contributed by atoms with E-state index < -0.39 is 0 Å². The van der Waals surface area contributed by atoms with Crippen molar-refractivity contribution >= 4 is 0 Å². The van der Waals surface area contributed by atoms with Crippen LogP contribution < -0.4 is 9.60 Å². The van der Waals surface area contributed by atoms with Gasteiger partial charge in [-0.2, -0.15) is 0 Å². The first-order valence-corrected chi connectivity index (χ1v) is 4.64. The Labute approximate surface area is 69.1 Å². The van der Waals surface area contributed by atoms with Crippen molar-refractivity contribution in [1.82, 2.24) is 0 Å². The molecule has 1 N–H and O–H groups in total. The van der Waals surface area contributed by atoms with Crippen LogP contribution in [-0.4, -0.2) is 20.1 Å². The molecule has 0 aromatic heterocycles. The van der Waals surface area contributed by atoms with E-state index in [1.807, 2.05) is 0 Å². The fourth-order valence-electron chi connectivity index (χ4n) is 2.04. The SMILES string of the molecule is CCCC1CCC[NH+](C)C1.[F-]. The van der Waals surface area contributed by atoms with Gasteiger partial charge in [0.15, 0.2) is 0 Å². The van der Waals surface area contributed by atoms with Gasteiger partial charge in [0.05, 0.1) is 20.1 Å². The van der Waals surface area contributed by atoms with E-state index in [0.29, 0.717) is 0 Å². The number of halogens is 1. The number of rotatable bonds is 2. The molecule has 1 nitrogen and oxygen atoms in total. The summed E-state index contributed by atoms with van der Waals surface area (Å²) in [7, 11) is 2.32. The number of likely N-dealkylation sites (tertiary alicyclic amines) is 1. The third-order valence-corrected chi connectivity index (χ3v) is 2.55. The van der Waals surface area contributed by atoms with Crippen molar-refractivity contribution < 1.29 is 9.60 Å². The monoisotopic (exact) mass is 161 g/mol. The van der Waals surface area contributed by atoms with Gasteiger partial charge in [0.1, 0.15) is 0 Å². The van der Waals surface area contributed by atoms with Crippen molar-refractivity contribution in [1.29, 1.82) is 0 Å². The summed E-state index contributed by atoms with van der Waals surface area (Å²) in [6, 6.07) is 0. The van der Waals surface area contributed by atoms with E-state index in [9.17, 15) is 0 Å². The second kappa shape index (κ2) is 5.53. The topological polar surface area (TPSA) is 4.44 Å². The van der Waals surface area contributed by atoms with E-state index in [4.69, 9.17) is 0 Å². The first-order chi connectivity index (χ1) is 4.83. The summed E-state index contributed by atoms with van der Waals surface area (Å²) in [5.41, 5.74) is 0. The Hall–Kier alpha value is -0.110. The molecule has 1 saturated heterocycles. The van der Waals surface area contributed by atoms with E-state index in [1.165, 1.54) is 38.8 Å². The molecule has 0 bridgehead atoms. The molecule has 1 fully saturated rings. The van der Waals surface area contributed by atoms with Crippen molar-refractivity contribution in [3.8, 4) is 0 Å². The molecule has 0 radical (unpaired) electrons. The second-order valence-electron chi connectivity index (χ2n) is 3.71. The highest BCUT2D eigenvalue weighted by Crippen LogP contribution is 2.12. The van der Waals surface area contributed by atoms with E-state index in [0.717, 1.165) is 5.92 Å². The lowest BCUT2D eigenvalue weighted by Crippen LogP contribution is -3.10. The van der Waals surface area contributed by atoms with Crippen LogP contribution in [0.5, 0.6) is 0 Å². The summed E-state index contributed by atoms with van der Waals surface area (Å²) in [5.74, 6) is 1.04. The zero-order chi connectivity index (χ0) is 7.40. The average Bonchev–Trinajstić information content (AvgIpc) is 1.88. The molecule has 1 aliphatic heterocycles. The molecule has 0 aliphatic carbocycles. The summed E-state index contributed by atoms with van der Waals surface area (Å²) in [5, 5.41) is 0. The Morgan fingerprint density at radius 3 is 2.73 bits per heavy atom. The Kier molecular flexibility index (Phi) is 5.47. The molecule has 1 heterocycles. The normalized spacial score (nSPS) is 31.1. The Morgan fingerprint density at radius 2 is 2.18 bits per heavy atom. The number of hydrogen-bond acceptors (Lipinski definition) is 0. The molecule has 0 aromatic carbocycles. The fourth-order valence-corrected chi connectivity index (χ4v) is 2.04. The van der Waals surface area contributed by atoms with Gasteiger partial charge in [0, 0.05) is 5.92 Å². The van der Waals surface area contributed by atoms with Crippen LogP contribution in [0.25, 0.3) is 0 Å². The second-order valence-corrected chi connectivity index (χ2v) is 3.71. The predicted molar refractivity (Wildman–Crippen MR) is 44.3 cm³/mol. The third-order valence-electron chi connectivity index (χ3n) is 2.55. The van der Waals surface area contributed by atoms with Crippen LogP contribution in [0.4, 0.5) is 0 Å². The molecule has 68 valence electrons. The molecule has 0 amide bonds. The third kappa shape index (κ3) is 3.71. The van der Waals surface area contributed by atoms with Crippen LogP contribution in [0, 0.1) is 5.92 Å². The maximum Gasteiger partial charge on any atom is 0.0797 e. The maximum absolute atomic E-state index is 2.32. The van der Waals surface area contributed by atoms with E-state index in [1.54, 1.807) is 4.90 Å². The number of nitrogens with one attached hydrogen (secondary N) is 1. The van der Waals surface area contributed by atoms with Crippen molar-refractivity contribution in [2.24, 2.45) is 5.92 Å².